The van der Waals surface area contributed by atoms with Crippen LogP contribution in [0.1, 0.15) is 40.5 Å². The number of likely N-dealkylation sites (tertiary alicyclic amines) is 1. The molecule has 0 radical (unpaired) electrons. The average molecular weight is 181 g/mol. The summed E-state index contributed by atoms with van der Waals surface area (Å²) in [6.07, 6.45) is 2.73. The monoisotopic (exact) mass is 181 g/mol. The van der Waals surface area contributed by atoms with E-state index in [9.17, 15) is 0 Å². The molecule has 0 aromatic heterocycles. The van der Waals surface area contributed by atoms with Crippen molar-refractivity contribution in [1.29, 1.82) is 0 Å². The minimum Gasteiger partial charge on any atom is -0.375 e. The Morgan fingerprint density at radius 2 is 1.92 bits per heavy atom. The van der Waals surface area contributed by atoms with Gasteiger partial charge in [0, 0.05) is 18.8 Å². The summed E-state index contributed by atoms with van der Waals surface area (Å²) >= 11 is 0. The molecule has 1 saturated heterocycles. The molecule has 1 nitrogen and oxygen atoms in total. The fourth-order valence-electron chi connectivity index (χ4n) is 1.70. The Kier molecular flexibility index (Phi) is 3.05. The number of rotatable bonds is 3. The van der Waals surface area contributed by atoms with Gasteiger partial charge in [0.2, 0.25) is 0 Å². The lowest BCUT2D eigenvalue weighted by molar-refractivity contribution is 0.123. The van der Waals surface area contributed by atoms with Gasteiger partial charge in [0.05, 0.1) is 0 Å². The van der Waals surface area contributed by atoms with E-state index in [4.69, 9.17) is 0 Å². The van der Waals surface area contributed by atoms with Gasteiger partial charge >= 0.3 is 0 Å². The van der Waals surface area contributed by atoms with Crippen molar-refractivity contribution in [1.82, 2.24) is 4.90 Å². The number of allylic oxidation sites excluding steroid dienone is 1. The van der Waals surface area contributed by atoms with E-state index < -0.39 is 0 Å². The molecule has 1 fully saturated rings. The number of hydrogen-bond donors (Lipinski definition) is 0. The van der Waals surface area contributed by atoms with Crippen LogP contribution in [0.15, 0.2) is 12.3 Å². The van der Waals surface area contributed by atoms with Gasteiger partial charge in [0.25, 0.3) is 0 Å². The van der Waals surface area contributed by atoms with Gasteiger partial charge in [-0.1, -0.05) is 27.4 Å². The zero-order valence-electron chi connectivity index (χ0n) is 9.56. The average Bonchev–Trinajstić information content (AvgIpc) is 1.79. The highest BCUT2D eigenvalue weighted by atomic mass is 15.2. The summed E-state index contributed by atoms with van der Waals surface area (Å²) < 4.78 is 0. The molecule has 0 aromatic rings. The Morgan fingerprint density at radius 1 is 1.38 bits per heavy atom. The highest BCUT2D eigenvalue weighted by molar-refractivity contribution is 4.96. The third kappa shape index (κ3) is 3.41. The largest absolute Gasteiger partial charge is 0.375 e. The molecule has 0 spiro atoms. The molecule has 0 unspecified atom stereocenters. The second-order valence-corrected chi connectivity index (χ2v) is 5.61. The van der Waals surface area contributed by atoms with Crippen molar-refractivity contribution in [2.45, 2.75) is 40.5 Å². The molecule has 0 aromatic carbocycles. The van der Waals surface area contributed by atoms with Crippen molar-refractivity contribution in [2.75, 3.05) is 13.1 Å². The van der Waals surface area contributed by atoms with E-state index in [0.717, 1.165) is 5.92 Å². The standard InChI is InChI=1S/C12H23N/c1-10(2)13-8-11(9-13)6-7-12(3,4)5/h11H,1,6-9H2,2-5H3. The topological polar surface area (TPSA) is 3.24 Å². The van der Waals surface area contributed by atoms with E-state index >= 15 is 0 Å². The van der Waals surface area contributed by atoms with Crippen LogP contribution in [-0.4, -0.2) is 18.0 Å². The maximum absolute atomic E-state index is 3.95. The molecule has 76 valence electrons. The van der Waals surface area contributed by atoms with Gasteiger partial charge in [-0.05, 0) is 31.1 Å². The molecule has 1 aliphatic heterocycles. The highest BCUT2D eigenvalue weighted by Gasteiger charge is 2.26. The van der Waals surface area contributed by atoms with E-state index in [1.165, 1.54) is 31.6 Å². The first-order chi connectivity index (χ1) is 5.88. The van der Waals surface area contributed by atoms with Gasteiger partial charge in [0.15, 0.2) is 0 Å². The second-order valence-electron chi connectivity index (χ2n) is 5.61. The van der Waals surface area contributed by atoms with Crippen molar-refractivity contribution in [3.05, 3.63) is 12.3 Å². The van der Waals surface area contributed by atoms with Gasteiger partial charge in [-0.2, -0.15) is 0 Å². The van der Waals surface area contributed by atoms with Crippen LogP contribution in [0.4, 0.5) is 0 Å². The smallest absolute Gasteiger partial charge is 0.0220 e. The quantitative estimate of drug-likeness (QED) is 0.646. The van der Waals surface area contributed by atoms with E-state index in [2.05, 4.69) is 39.2 Å². The lowest BCUT2D eigenvalue weighted by atomic mass is 9.84. The molecule has 1 heterocycles. The summed E-state index contributed by atoms with van der Waals surface area (Å²) in [6, 6.07) is 0. The van der Waals surface area contributed by atoms with Crippen molar-refractivity contribution >= 4 is 0 Å². The fraction of sp³-hybridized carbons (Fsp3) is 0.833. The Balaban J connectivity index is 2.12. The van der Waals surface area contributed by atoms with Crippen molar-refractivity contribution in [2.24, 2.45) is 11.3 Å². The van der Waals surface area contributed by atoms with Gasteiger partial charge in [-0.3, -0.25) is 0 Å². The predicted octanol–water partition coefficient (Wildman–Crippen LogP) is 3.28. The molecule has 0 atom stereocenters. The summed E-state index contributed by atoms with van der Waals surface area (Å²) in [6.45, 7) is 15.5. The van der Waals surface area contributed by atoms with Crippen molar-refractivity contribution in [3.8, 4) is 0 Å². The Hall–Kier alpha value is -0.460. The zero-order chi connectivity index (χ0) is 10.1. The van der Waals surface area contributed by atoms with Crippen molar-refractivity contribution in [3.63, 3.8) is 0 Å². The second kappa shape index (κ2) is 3.73. The highest BCUT2D eigenvalue weighted by Crippen LogP contribution is 2.29. The molecule has 0 bridgehead atoms. The van der Waals surface area contributed by atoms with Gasteiger partial charge in [0.1, 0.15) is 0 Å². The van der Waals surface area contributed by atoms with E-state index in [-0.39, 0.29) is 0 Å². The minimum absolute atomic E-state index is 0.504. The first-order valence-electron chi connectivity index (χ1n) is 5.29. The lowest BCUT2D eigenvalue weighted by Gasteiger charge is -2.42. The third-order valence-corrected chi connectivity index (χ3v) is 2.80. The van der Waals surface area contributed by atoms with Gasteiger partial charge in [-0.25, -0.2) is 0 Å². The summed E-state index contributed by atoms with van der Waals surface area (Å²) in [7, 11) is 0. The molecule has 0 N–H and O–H groups in total. The third-order valence-electron chi connectivity index (χ3n) is 2.80. The summed E-state index contributed by atoms with van der Waals surface area (Å²) in [5.41, 5.74) is 1.73. The maximum atomic E-state index is 3.95. The molecule has 1 heteroatoms. The molecular weight excluding hydrogens is 158 g/mol. The number of hydrogen-bond acceptors (Lipinski definition) is 1. The lowest BCUT2D eigenvalue weighted by Crippen LogP contribution is -2.45. The van der Waals surface area contributed by atoms with Gasteiger partial charge < -0.3 is 4.90 Å². The Morgan fingerprint density at radius 3 is 2.31 bits per heavy atom. The normalized spacial score (nSPS) is 18.6. The van der Waals surface area contributed by atoms with Crippen LogP contribution >= 0.6 is 0 Å². The SMILES string of the molecule is C=C(C)N1CC(CCC(C)(C)C)C1. The first-order valence-corrected chi connectivity index (χ1v) is 5.29. The van der Waals surface area contributed by atoms with E-state index in [1.807, 2.05) is 0 Å². The van der Waals surface area contributed by atoms with Crippen LogP contribution in [-0.2, 0) is 0 Å². The Bertz CT molecular complexity index is 182. The van der Waals surface area contributed by atoms with Crippen LogP contribution in [0.25, 0.3) is 0 Å². The maximum Gasteiger partial charge on any atom is 0.0220 e. The molecule has 0 saturated carbocycles. The molecule has 1 rings (SSSR count). The van der Waals surface area contributed by atoms with Crippen molar-refractivity contribution < 1.29 is 0 Å². The summed E-state index contributed by atoms with van der Waals surface area (Å²) in [5.74, 6) is 0.927. The van der Waals surface area contributed by atoms with Crippen LogP contribution < -0.4 is 0 Å². The predicted molar refractivity (Wildman–Crippen MR) is 58.6 cm³/mol. The summed E-state index contributed by atoms with van der Waals surface area (Å²) in [5, 5.41) is 0. The molecular formula is C12H23N. The number of nitrogens with zero attached hydrogens (tertiary/aromatic N) is 1. The van der Waals surface area contributed by atoms with Gasteiger partial charge in [-0.15, -0.1) is 0 Å². The van der Waals surface area contributed by atoms with Crippen LogP contribution in [0, 0.1) is 11.3 Å². The Labute approximate surface area is 82.8 Å². The zero-order valence-corrected chi connectivity index (χ0v) is 9.56. The molecule has 13 heavy (non-hydrogen) atoms. The van der Waals surface area contributed by atoms with E-state index in [1.54, 1.807) is 0 Å². The molecule has 0 aliphatic carbocycles. The fourth-order valence-corrected chi connectivity index (χ4v) is 1.70. The van der Waals surface area contributed by atoms with Crippen LogP contribution in [0.2, 0.25) is 0 Å². The van der Waals surface area contributed by atoms with E-state index in [0.29, 0.717) is 5.41 Å². The first kappa shape index (κ1) is 10.6. The molecule has 1 aliphatic rings. The minimum atomic E-state index is 0.504. The van der Waals surface area contributed by atoms with Crippen LogP contribution in [0.3, 0.4) is 0 Å². The molecule has 0 amide bonds. The van der Waals surface area contributed by atoms with Crippen LogP contribution in [0.5, 0.6) is 0 Å². The summed E-state index contributed by atoms with van der Waals surface area (Å²) in [4.78, 5) is 2.37.